The van der Waals surface area contributed by atoms with Gasteiger partial charge in [-0.3, -0.25) is 4.59 Å². The lowest BCUT2D eigenvalue weighted by atomic mass is 10.1. The van der Waals surface area contributed by atoms with Gasteiger partial charge in [-0.05, 0) is 6.42 Å². The minimum Gasteiger partial charge on any atom is -0.253 e. The molecule has 19 heavy (non-hydrogen) atoms. The van der Waals surface area contributed by atoms with Crippen molar-refractivity contribution in [2.45, 2.75) is 84.0 Å². The van der Waals surface area contributed by atoms with Gasteiger partial charge in [0.2, 0.25) is 0 Å². The van der Waals surface area contributed by atoms with Gasteiger partial charge in [0.05, 0.1) is 21.1 Å². The molecule has 0 aliphatic carbocycles. The van der Waals surface area contributed by atoms with Crippen molar-refractivity contribution in [3.8, 4) is 0 Å². The molecule has 0 aromatic heterocycles. The van der Waals surface area contributed by atoms with E-state index in [9.17, 15) is 0 Å². The zero-order chi connectivity index (χ0) is 14.4. The van der Waals surface area contributed by atoms with Crippen molar-refractivity contribution >= 4 is 0 Å². The van der Waals surface area contributed by atoms with Crippen LogP contribution in [0.2, 0.25) is 0 Å². The molecular weight excluding hydrogens is 232 g/mol. The molecular formula is C17H39N2+. The number of hydrogen-bond donors (Lipinski definition) is 1. The predicted octanol–water partition coefficient (Wildman–Crippen LogP) is 4.90. The van der Waals surface area contributed by atoms with Gasteiger partial charge in [0.15, 0.2) is 0 Å². The topological polar surface area (TPSA) is 12.0 Å². The number of nitrogens with one attached hydrogen (secondary N) is 1. The quantitative estimate of drug-likeness (QED) is 0.269. The smallest absolute Gasteiger partial charge is 0.0853 e. The molecule has 0 saturated heterocycles. The van der Waals surface area contributed by atoms with E-state index in [4.69, 9.17) is 0 Å². The van der Waals surface area contributed by atoms with Gasteiger partial charge < -0.3 is 0 Å². The molecule has 0 bridgehead atoms. The van der Waals surface area contributed by atoms with Crippen molar-refractivity contribution in [2.24, 2.45) is 0 Å². The average molecular weight is 272 g/mol. The molecule has 0 aliphatic rings. The maximum atomic E-state index is 3.49. The van der Waals surface area contributed by atoms with Crippen molar-refractivity contribution in [3.05, 3.63) is 0 Å². The van der Waals surface area contributed by atoms with Crippen LogP contribution in [-0.2, 0) is 0 Å². The SMILES string of the molecule is CCCCCCCCCCCCCCN[N+](C)(C)C. The van der Waals surface area contributed by atoms with Gasteiger partial charge in [-0.2, -0.15) is 5.43 Å². The molecule has 0 unspecified atom stereocenters. The molecule has 0 rings (SSSR count). The zero-order valence-electron chi connectivity index (χ0n) is 14.1. The Balaban J connectivity index is 2.99. The van der Waals surface area contributed by atoms with E-state index >= 15 is 0 Å². The minimum atomic E-state index is 0.873. The van der Waals surface area contributed by atoms with Crippen LogP contribution in [0.25, 0.3) is 0 Å². The third-order valence-electron chi connectivity index (χ3n) is 3.62. The number of rotatable bonds is 14. The molecule has 0 aromatic rings. The van der Waals surface area contributed by atoms with Crippen molar-refractivity contribution in [1.82, 2.24) is 5.43 Å². The van der Waals surface area contributed by atoms with E-state index in [1.165, 1.54) is 77.0 Å². The molecule has 1 N–H and O–H groups in total. The molecule has 2 nitrogen and oxygen atoms in total. The van der Waals surface area contributed by atoms with Crippen LogP contribution in [0.1, 0.15) is 84.0 Å². The summed E-state index contributed by atoms with van der Waals surface area (Å²) in [5.41, 5.74) is 3.49. The van der Waals surface area contributed by atoms with Gasteiger partial charge in [0.25, 0.3) is 0 Å². The maximum Gasteiger partial charge on any atom is 0.0853 e. The van der Waals surface area contributed by atoms with Crippen LogP contribution < -0.4 is 5.43 Å². The van der Waals surface area contributed by atoms with Crippen LogP contribution in [0.4, 0.5) is 0 Å². The Morgan fingerprint density at radius 1 is 0.579 bits per heavy atom. The van der Waals surface area contributed by atoms with Crippen LogP contribution >= 0.6 is 0 Å². The first kappa shape index (κ1) is 18.9. The Morgan fingerprint density at radius 3 is 1.32 bits per heavy atom. The number of quaternary nitrogens is 1. The van der Waals surface area contributed by atoms with Crippen molar-refractivity contribution in [2.75, 3.05) is 27.7 Å². The molecule has 116 valence electrons. The second-order valence-electron chi connectivity index (χ2n) is 6.81. The maximum absolute atomic E-state index is 3.49. The lowest BCUT2D eigenvalue weighted by Crippen LogP contribution is -2.48. The second kappa shape index (κ2) is 12.9. The Labute approximate surface area is 122 Å². The summed E-state index contributed by atoms with van der Waals surface area (Å²) in [5.74, 6) is 0. The minimum absolute atomic E-state index is 0.873. The largest absolute Gasteiger partial charge is 0.253 e. The van der Waals surface area contributed by atoms with E-state index in [1.54, 1.807) is 0 Å². The van der Waals surface area contributed by atoms with E-state index in [0.717, 1.165) is 11.1 Å². The van der Waals surface area contributed by atoms with Gasteiger partial charge in [0.1, 0.15) is 0 Å². The summed E-state index contributed by atoms with van der Waals surface area (Å²) >= 11 is 0. The molecule has 0 aliphatic heterocycles. The Kier molecular flexibility index (Phi) is 12.9. The summed E-state index contributed by atoms with van der Waals surface area (Å²) < 4.78 is 0.873. The lowest BCUT2D eigenvalue weighted by Gasteiger charge is -2.23. The normalized spacial score (nSPS) is 12.0. The first-order chi connectivity index (χ1) is 9.06. The second-order valence-corrected chi connectivity index (χ2v) is 6.81. The van der Waals surface area contributed by atoms with Crippen LogP contribution in [-0.4, -0.2) is 32.3 Å². The molecule has 0 atom stereocenters. The third-order valence-corrected chi connectivity index (χ3v) is 3.62. The first-order valence-corrected chi connectivity index (χ1v) is 8.63. The fourth-order valence-corrected chi connectivity index (χ4v) is 2.38. The van der Waals surface area contributed by atoms with Gasteiger partial charge in [-0.25, -0.2) is 0 Å². The zero-order valence-corrected chi connectivity index (χ0v) is 14.1. The van der Waals surface area contributed by atoms with Crippen molar-refractivity contribution in [1.29, 1.82) is 0 Å². The molecule has 2 heteroatoms. The average Bonchev–Trinajstić information content (AvgIpc) is 2.34. The monoisotopic (exact) mass is 271 g/mol. The van der Waals surface area contributed by atoms with E-state index in [1.807, 2.05) is 0 Å². The van der Waals surface area contributed by atoms with E-state index < -0.39 is 0 Å². The summed E-state index contributed by atoms with van der Waals surface area (Å²) in [4.78, 5) is 0. The summed E-state index contributed by atoms with van der Waals surface area (Å²) in [5, 5.41) is 0. The van der Waals surface area contributed by atoms with Crippen LogP contribution in [0.3, 0.4) is 0 Å². The van der Waals surface area contributed by atoms with E-state index in [-0.39, 0.29) is 0 Å². The summed E-state index contributed by atoms with van der Waals surface area (Å²) in [6.45, 7) is 3.44. The Bertz CT molecular complexity index is 173. The van der Waals surface area contributed by atoms with Crippen LogP contribution in [0.5, 0.6) is 0 Å². The highest BCUT2D eigenvalue weighted by molar-refractivity contribution is 4.48. The van der Waals surface area contributed by atoms with Crippen molar-refractivity contribution in [3.63, 3.8) is 0 Å². The van der Waals surface area contributed by atoms with Crippen LogP contribution in [0.15, 0.2) is 0 Å². The van der Waals surface area contributed by atoms with Crippen LogP contribution in [0, 0.1) is 0 Å². The Hall–Kier alpha value is -0.0800. The molecule has 0 saturated carbocycles. The molecule has 0 aromatic carbocycles. The molecule has 0 fully saturated rings. The summed E-state index contributed by atoms with van der Waals surface area (Å²) in [6.07, 6.45) is 17.1. The first-order valence-electron chi connectivity index (χ1n) is 8.63. The van der Waals surface area contributed by atoms with E-state index in [0.29, 0.717) is 0 Å². The van der Waals surface area contributed by atoms with Gasteiger partial charge in [0, 0.05) is 6.54 Å². The Morgan fingerprint density at radius 2 is 0.947 bits per heavy atom. The van der Waals surface area contributed by atoms with E-state index in [2.05, 4.69) is 33.5 Å². The highest BCUT2D eigenvalue weighted by Crippen LogP contribution is 2.11. The number of nitrogens with zero attached hydrogens (tertiary/aromatic N) is 1. The van der Waals surface area contributed by atoms with Gasteiger partial charge in [-0.1, -0.05) is 77.6 Å². The van der Waals surface area contributed by atoms with Gasteiger partial charge in [-0.15, -0.1) is 0 Å². The standard InChI is InChI=1S/C17H39N2/c1-5-6-7-8-9-10-11-12-13-14-15-16-17-18-19(2,3)4/h18H,5-17H2,1-4H3/q+1. The third kappa shape index (κ3) is 17.9. The molecule has 0 amide bonds. The lowest BCUT2D eigenvalue weighted by molar-refractivity contribution is -0.915. The van der Waals surface area contributed by atoms with Crippen molar-refractivity contribution < 1.29 is 4.59 Å². The molecule has 0 radical (unpaired) electrons. The van der Waals surface area contributed by atoms with Gasteiger partial charge >= 0.3 is 0 Å². The highest BCUT2D eigenvalue weighted by atomic mass is 15.6. The highest BCUT2D eigenvalue weighted by Gasteiger charge is 2.03. The fraction of sp³-hybridized carbons (Fsp3) is 1.00. The fourth-order valence-electron chi connectivity index (χ4n) is 2.38. The molecule has 0 spiro atoms. The summed E-state index contributed by atoms with van der Waals surface area (Å²) in [6, 6.07) is 0. The number of hydrogen-bond acceptors (Lipinski definition) is 1. The number of unbranched alkanes of at least 4 members (excludes halogenated alkanes) is 11. The predicted molar refractivity (Wildman–Crippen MR) is 87.1 cm³/mol. The molecule has 0 heterocycles. The summed E-state index contributed by atoms with van der Waals surface area (Å²) in [7, 11) is 6.54.